The van der Waals surface area contributed by atoms with Crippen LogP contribution in [0.15, 0.2) is 6.07 Å². The van der Waals surface area contributed by atoms with E-state index in [2.05, 4.69) is 30.3 Å². The molecule has 1 aliphatic heterocycles. The summed E-state index contributed by atoms with van der Waals surface area (Å²) in [6, 6.07) is 1.64. The summed E-state index contributed by atoms with van der Waals surface area (Å²) in [5.41, 5.74) is 6.36. The van der Waals surface area contributed by atoms with E-state index >= 15 is 0 Å². The van der Waals surface area contributed by atoms with Crippen LogP contribution < -0.4 is 11.1 Å². The molecule has 0 fully saturated rings. The van der Waals surface area contributed by atoms with E-state index in [0.29, 0.717) is 23.2 Å². The molecule has 0 saturated heterocycles. The van der Waals surface area contributed by atoms with Crippen LogP contribution in [-0.2, 0) is 19.5 Å². The summed E-state index contributed by atoms with van der Waals surface area (Å²) in [5.74, 6) is 2.26. The van der Waals surface area contributed by atoms with E-state index in [9.17, 15) is 0 Å². The smallest absolute Gasteiger partial charge is 0.169 e. The Balaban J connectivity index is 1.76. The van der Waals surface area contributed by atoms with Gasteiger partial charge in [-0.15, -0.1) is 20.4 Å². The Kier molecular flexibility index (Phi) is 2.75. The summed E-state index contributed by atoms with van der Waals surface area (Å²) in [6.45, 7) is 1.52. The largest absolute Gasteiger partial charge is 0.380 e. The van der Waals surface area contributed by atoms with Crippen molar-refractivity contribution in [1.82, 2.24) is 25.0 Å². The number of fused-ring (bicyclic) bond motifs is 1. The van der Waals surface area contributed by atoms with Gasteiger partial charge in [-0.1, -0.05) is 11.6 Å². The van der Waals surface area contributed by atoms with Gasteiger partial charge < -0.3 is 15.6 Å². The summed E-state index contributed by atoms with van der Waals surface area (Å²) in [7, 11) is 0. The molecule has 1 aliphatic rings. The number of hydrogen-bond donors (Lipinski definition) is 2. The van der Waals surface area contributed by atoms with Crippen LogP contribution in [0.2, 0.25) is 5.15 Å². The van der Waals surface area contributed by atoms with Gasteiger partial charge in [-0.25, -0.2) is 0 Å². The zero-order valence-electron chi connectivity index (χ0n) is 9.60. The van der Waals surface area contributed by atoms with E-state index in [-0.39, 0.29) is 0 Å². The van der Waals surface area contributed by atoms with Crippen molar-refractivity contribution in [3.05, 3.63) is 22.9 Å². The molecule has 0 unspecified atom stereocenters. The first-order valence-electron chi connectivity index (χ1n) is 5.67. The van der Waals surface area contributed by atoms with Crippen molar-refractivity contribution >= 4 is 23.1 Å². The Labute approximate surface area is 108 Å². The number of halogens is 1. The lowest BCUT2D eigenvalue weighted by atomic mass is 10.4. The monoisotopic (exact) mass is 265 g/mol. The minimum atomic E-state index is 0.304. The van der Waals surface area contributed by atoms with E-state index in [4.69, 9.17) is 17.3 Å². The molecule has 2 aromatic heterocycles. The van der Waals surface area contributed by atoms with Crippen LogP contribution in [0.5, 0.6) is 0 Å². The minimum Gasteiger partial charge on any atom is -0.380 e. The van der Waals surface area contributed by atoms with Gasteiger partial charge in [0.05, 0.1) is 12.2 Å². The Hall–Kier alpha value is -1.89. The van der Waals surface area contributed by atoms with Crippen LogP contribution in [-0.4, -0.2) is 25.0 Å². The summed E-state index contributed by atoms with van der Waals surface area (Å²) in [5, 5.41) is 19.1. The number of anilines is 2. The molecular formula is C10H12ClN7. The van der Waals surface area contributed by atoms with Crippen molar-refractivity contribution in [2.45, 2.75) is 25.9 Å². The van der Waals surface area contributed by atoms with E-state index in [1.807, 2.05) is 0 Å². The van der Waals surface area contributed by atoms with Crippen LogP contribution >= 0.6 is 11.6 Å². The molecule has 0 aliphatic carbocycles. The lowest BCUT2D eigenvalue weighted by Gasteiger charge is -2.08. The average Bonchev–Trinajstić information content (AvgIpc) is 2.93. The molecule has 94 valence electrons. The molecular weight excluding hydrogens is 254 g/mol. The van der Waals surface area contributed by atoms with E-state index in [0.717, 1.165) is 31.0 Å². The molecule has 0 radical (unpaired) electrons. The van der Waals surface area contributed by atoms with Crippen LogP contribution in [0.3, 0.4) is 0 Å². The van der Waals surface area contributed by atoms with Crippen LogP contribution in [0.1, 0.15) is 18.1 Å². The number of aromatic nitrogens is 5. The Morgan fingerprint density at radius 1 is 1.33 bits per heavy atom. The first-order valence-corrected chi connectivity index (χ1v) is 6.05. The number of nitrogens with zero attached hydrogens (tertiary/aromatic N) is 5. The van der Waals surface area contributed by atoms with Gasteiger partial charge in [-0.3, -0.25) is 0 Å². The second kappa shape index (κ2) is 4.41. The van der Waals surface area contributed by atoms with Gasteiger partial charge in [-0.2, -0.15) is 0 Å². The molecule has 0 aromatic carbocycles. The van der Waals surface area contributed by atoms with Gasteiger partial charge in [-0.05, 0) is 6.42 Å². The van der Waals surface area contributed by atoms with Crippen LogP contribution in [0.25, 0.3) is 0 Å². The molecule has 7 nitrogen and oxygen atoms in total. The fraction of sp³-hybridized carbons (Fsp3) is 0.400. The van der Waals surface area contributed by atoms with E-state index in [1.54, 1.807) is 6.07 Å². The maximum atomic E-state index is 5.77. The zero-order valence-corrected chi connectivity index (χ0v) is 10.4. The lowest BCUT2D eigenvalue weighted by Crippen LogP contribution is -2.09. The predicted molar refractivity (Wildman–Crippen MR) is 67.1 cm³/mol. The molecule has 3 N–H and O–H groups in total. The maximum absolute atomic E-state index is 5.77. The highest BCUT2D eigenvalue weighted by Gasteiger charge is 2.17. The lowest BCUT2D eigenvalue weighted by molar-refractivity contribution is 0.696. The second-order valence-electron chi connectivity index (χ2n) is 4.11. The maximum Gasteiger partial charge on any atom is 0.169 e. The highest BCUT2D eigenvalue weighted by atomic mass is 35.5. The SMILES string of the molecule is Nc1nnc(Cl)cc1NCc1nnc2n1CCC2. The fourth-order valence-electron chi connectivity index (χ4n) is 2.03. The fourth-order valence-corrected chi connectivity index (χ4v) is 2.18. The number of rotatable bonds is 3. The van der Waals surface area contributed by atoms with Gasteiger partial charge >= 0.3 is 0 Å². The third-order valence-electron chi connectivity index (χ3n) is 2.92. The molecule has 2 aromatic rings. The van der Waals surface area contributed by atoms with Crippen molar-refractivity contribution in [2.24, 2.45) is 0 Å². The van der Waals surface area contributed by atoms with Crippen LogP contribution in [0.4, 0.5) is 11.5 Å². The van der Waals surface area contributed by atoms with E-state index < -0.39 is 0 Å². The Morgan fingerprint density at radius 3 is 3.11 bits per heavy atom. The zero-order chi connectivity index (χ0) is 12.5. The molecule has 18 heavy (non-hydrogen) atoms. The number of aryl methyl sites for hydroxylation is 1. The standard InChI is InChI=1S/C10H12ClN7/c11-7-4-6(10(12)17-14-7)13-5-9-16-15-8-2-1-3-18(8)9/h4H,1-3,5H2,(H2,12,17)(H,13,14). The number of nitrogens with two attached hydrogens (primary N) is 1. The quantitative estimate of drug-likeness (QED) is 0.855. The molecule has 0 bridgehead atoms. The highest BCUT2D eigenvalue weighted by molar-refractivity contribution is 6.29. The Bertz CT molecular complexity index is 580. The first kappa shape index (κ1) is 11.2. The minimum absolute atomic E-state index is 0.304. The van der Waals surface area contributed by atoms with Crippen molar-refractivity contribution in [3.8, 4) is 0 Å². The van der Waals surface area contributed by atoms with Crippen LogP contribution in [0, 0.1) is 0 Å². The summed E-state index contributed by atoms with van der Waals surface area (Å²) >= 11 is 5.77. The molecule has 8 heteroatoms. The average molecular weight is 266 g/mol. The molecule has 3 heterocycles. The molecule has 0 saturated carbocycles. The molecule has 0 spiro atoms. The van der Waals surface area contributed by atoms with Crippen molar-refractivity contribution in [2.75, 3.05) is 11.1 Å². The van der Waals surface area contributed by atoms with Gasteiger partial charge in [0.1, 0.15) is 5.82 Å². The topological polar surface area (TPSA) is 94.5 Å². The predicted octanol–water partition coefficient (Wildman–Crippen LogP) is 0.862. The normalized spacial score (nSPS) is 13.6. The third-order valence-corrected chi connectivity index (χ3v) is 3.10. The van der Waals surface area contributed by atoms with E-state index in [1.165, 1.54) is 0 Å². The number of nitrogen functional groups attached to an aromatic ring is 1. The number of nitrogens with one attached hydrogen (secondary N) is 1. The summed E-state index contributed by atoms with van der Waals surface area (Å²) < 4.78 is 2.12. The van der Waals surface area contributed by atoms with Gasteiger partial charge in [0.2, 0.25) is 0 Å². The molecule has 3 rings (SSSR count). The van der Waals surface area contributed by atoms with Crippen molar-refractivity contribution in [3.63, 3.8) is 0 Å². The molecule has 0 atom stereocenters. The van der Waals surface area contributed by atoms with Crippen molar-refractivity contribution < 1.29 is 0 Å². The summed E-state index contributed by atoms with van der Waals surface area (Å²) in [6.07, 6.45) is 2.13. The number of hydrogen-bond acceptors (Lipinski definition) is 6. The molecule has 0 amide bonds. The van der Waals surface area contributed by atoms with Crippen molar-refractivity contribution in [1.29, 1.82) is 0 Å². The first-order chi connectivity index (χ1) is 8.74. The van der Waals surface area contributed by atoms with Gasteiger partial charge in [0.15, 0.2) is 16.8 Å². The Morgan fingerprint density at radius 2 is 2.22 bits per heavy atom. The highest BCUT2D eigenvalue weighted by Crippen LogP contribution is 2.20. The van der Waals surface area contributed by atoms with Gasteiger partial charge in [0, 0.05) is 19.0 Å². The van der Waals surface area contributed by atoms with Gasteiger partial charge in [0.25, 0.3) is 0 Å². The summed E-state index contributed by atoms with van der Waals surface area (Å²) in [4.78, 5) is 0. The third kappa shape index (κ3) is 1.97. The second-order valence-corrected chi connectivity index (χ2v) is 4.49.